The average Bonchev–Trinajstić information content (AvgIpc) is 3.16. The highest BCUT2D eigenvalue weighted by Gasteiger charge is 2.15. The van der Waals surface area contributed by atoms with Gasteiger partial charge in [0.2, 0.25) is 0 Å². The van der Waals surface area contributed by atoms with E-state index in [0.717, 1.165) is 28.2 Å². The van der Waals surface area contributed by atoms with Gasteiger partial charge < -0.3 is 16.2 Å². The smallest absolute Gasteiger partial charge is 0.335 e. The van der Waals surface area contributed by atoms with Crippen LogP contribution in [0, 0.1) is 6.92 Å². The first-order chi connectivity index (χ1) is 14.0. The molecule has 2 heterocycles. The second kappa shape index (κ2) is 7.59. The SMILES string of the molecule is Cc1nc2ncnn2c(NCc2ccc(C(=O)O)cc2)c1Cc1cccc(N)c1. The molecule has 0 radical (unpaired) electrons. The van der Waals surface area contributed by atoms with Gasteiger partial charge >= 0.3 is 5.97 Å². The topological polar surface area (TPSA) is 118 Å². The van der Waals surface area contributed by atoms with E-state index in [-0.39, 0.29) is 5.56 Å². The number of fused-ring (bicyclic) bond motifs is 1. The van der Waals surface area contributed by atoms with Crippen LogP contribution < -0.4 is 11.1 Å². The Morgan fingerprint density at radius 1 is 1.17 bits per heavy atom. The molecule has 29 heavy (non-hydrogen) atoms. The number of carbonyl (C=O) groups is 1. The van der Waals surface area contributed by atoms with Crippen LogP contribution in [-0.4, -0.2) is 30.7 Å². The minimum atomic E-state index is -0.942. The Kier molecular flexibility index (Phi) is 4.82. The molecule has 0 aliphatic rings. The minimum absolute atomic E-state index is 0.259. The number of nitrogens with zero attached hydrogens (tertiary/aromatic N) is 4. The van der Waals surface area contributed by atoms with Crippen molar-refractivity contribution in [2.45, 2.75) is 19.9 Å². The molecule has 0 aliphatic carbocycles. The van der Waals surface area contributed by atoms with Gasteiger partial charge in [-0.25, -0.2) is 9.78 Å². The Bertz CT molecular complexity index is 1180. The third-order valence-corrected chi connectivity index (χ3v) is 4.72. The number of carboxylic acids is 1. The Morgan fingerprint density at radius 2 is 1.97 bits per heavy atom. The maximum absolute atomic E-state index is 11.0. The summed E-state index contributed by atoms with van der Waals surface area (Å²) in [7, 11) is 0. The number of rotatable bonds is 6. The van der Waals surface area contributed by atoms with Gasteiger partial charge in [0.25, 0.3) is 5.78 Å². The molecule has 0 bridgehead atoms. The van der Waals surface area contributed by atoms with E-state index in [1.807, 2.05) is 31.2 Å². The lowest BCUT2D eigenvalue weighted by Crippen LogP contribution is -2.12. The maximum Gasteiger partial charge on any atom is 0.335 e. The van der Waals surface area contributed by atoms with Crippen LogP contribution >= 0.6 is 0 Å². The van der Waals surface area contributed by atoms with E-state index >= 15 is 0 Å². The van der Waals surface area contributed by atoms with Crippen molar-refractivity contribution in [3.63, 3.8) is 0 Å². The molecule has 8 nitrogen and oxygen atoms in total. The minimum Gasteiger partial charge on any atom is -0.478 e. The molecule has 4 N–H and O–H groups in total. The molecular formula is C21H20N6O2. The molecule has 0 unspecified atom stereocenters. The second-order valence-electron chi connectivity index (χ2n) is 6.77. The van der Waals surface area contributed by atoms with Crippen LogP contribution in [-0.2, 0) is 13.0 Å². The van der Waals surface area contributed by atoms with Gasteiger partial charge in [0.15, 0.2) is 0 Å². The summed E-state index contributed by atoms with van der Waals surface area (Å²) in [6.45, 7) is 2.45. The van der Waals surface area contributed by atoms with E-state index in [0.29, 0.717) is 24.4 Å². The summed E-state index contributed by atoms with van der Waals surface area (Å²) < 4.78 is 1.68. The number of nitrogens with one attached hydrogen (secondary N) is 1. The van der Waals surface area contributed by atoms with E-state index in [4.69, 9.17) is 10.8 Å². The molecule has 146 valence electrons. The lowest BCUT2D eigenvalue weighted by Gasteiger charge is -2.16. The first-order valence-corrected chi connectivity index (χ1v) is 9.11. The number of aromatic carboxylic acids is 1. The van der Waals surface area contributed by atoms with Crippen molar-refractivity contribution in [1.82, 2.24) is 19.6 Å². The van der Waals surface area contributed by atoms with Crippen molar-refractivity contribution in [2.75, 3.05) is 11.1 Å². The van der Waals surface area contributed by atoms with Crippen molar-refractivity contribution < 1.29 is 9.90 Å². The zero-order chi connectivity index (χ0) is 20.4. The van der Waals surface area contributed by atoms with Gasteiger partial charge in [0.1, 0.15) is 12.1 Å². The highest BCUT2D eigenvalue weighted by molar-refractivity contribution is 5.87. The molecule has 4 rings (SSSR count). The molecular weight excluding hydrogens is 368 g/mol. The molecule has 0 fully saturated rings. The first kappa shape index (κ1) is 18.4. The molecule has 0 saturated heterocycles. The molecule has 0 atom stereocenters. The summed E-state index contributed by atoms with van der Waals surface area (Å²) in [5, 5.41) is 16.8. The summed E-state index contributed by atoms with van der Waals surface area (Å²) >= 11 is 0. The lowest BCUT2D eigenvalue weighted by molar-refractivity contribution is 0.0697. The number of carboxylic acid groups (broad SMARTS) is 1. The number of aryl methyl sites for hydroxylation is 1. The Labute approximate surface area is 167 Å². The highest BCUT2D eigenvalue weighted by atomic mass is 16.4. The summed E-state index contributed by atoms with van der Waals surface area (Å²) in [5.74, 6) is 0.375. The Morgan fingerprint density at radius 3 is 2.69 bits per heavy atom. The van der Waals surface area contributed by atoms with E-state index in [9.17, 15) is 4.79 Å². The third kappa shape index (κ3) is 3.86. The number of anilines is 2. The van der Waals surface area contributed by atoms with Crippen molar-refractivity contribution >= 4 is 23.3 Å². The van der Waals surface area contributed by atoms with Gasteiger partial charge in [-0.2, -0.15) is 14.6 Å². The van der Waals surface area contributed by atoms with E-state index < -0.39 is 5.97 Å². The Hall–Kier alpha value is -3.94. The van der Waals surface area contributed by atoms with E-state index in [1.165, 1.54) is 6.33 Å². The van der Waals surface area contributed by atoms with Crippen LogP contribution in [0.15, 0.2) is 54.9 Å². The summed E-state index contributed by atoms with van der Waals surface area (Å²) in [4.78, 5) is 19.8. The molecule has 2 aromatic carbocycles. The summed E-state index contributed by atoms with van der Waals surface area (Å²) in [6, 6.07) is 14.5. The van der Waals surface area contributed by atoms with Gasteiger partial charge in [-0.3, -0.25) is 0 Å². The summed E-state index contributed by atoms with van der Waals surface area (Å²) in [6.07, 6.45) is 2.11. The van der Waals surface area contributed by atoms with Gasteiger partial charge in [0.05, 0.1) is 5.56 Å². The lowest BCUT2D eigenvalue weighted by atomic mass is 10.0. The zero-order valence-corrected chi connectivity index (χ0v) is 15.8. The number of nitrogens with two attached hydrogens (primary N) is 1. The van der Waals surface area contributed by atoms with Crippen LogP contribution in [0.5, 0.6) is 0 Å². The molecule has 4 aromatic rings. The standard InChI is InChI=1S/C21H20N6O2/c1-13-18(10-15-3-2-4-17(22)9-15)19(27-21(26-13)24-12-25-27)23-11-14-5-7-16(8-6-14)20(28)29/h2-9,12,23H,10-11,22H2,1H3,(H,28,29). The number of hydrogen-bond acceptors (Lipinski definition) is 6. The monoisotopic (exact) mass is 388 g/mol. The fourth-order valence-electron chi connectivity index (χ4n) is 3.24. The molecule has 0 saturated carbocycles. The molecule has 8 heteroatoms. The predicted molar refractivity (Wildman–Crippen MR) is 110 cm³/mol. The maximum atomic E-state index is 11.0. The molecule has 0 aliphatic heterocycles. The molecule has 2 aromatic heterocycles. The van der Waals surface area contributed by atoms with Crippen LogP contribution in [0.4, 0.5) is 11.5 Å². The molecule has 0 amide bonds. The fourth-order valence-corrected chi connectivity index (χ4v) is 3.24. The third-order valence-electron chi connectivity index (χ3n) is 4.72. The number of aromatic nitrogens is 4. The van der Waals surface area contributed by atoms with Gasteiger partial charge in [0, 0.05) is 29.9 Å². The largest absolute Gasteiger partial charge is 0.478 e. The number of hydrogen-bond donors (Lipinski definition) is 3. The quantitative estimate of drug-likeness (QED) is 0.435. The van der Waals surface area contributed by atoms with Gasteiger partial charge in [-0.15, -0.1) is 0 Å². The first-order valence-electron chi connectivity index (χ1n) is 9.11. The van der Waals surface area contributed by atoms with E-state index in [2.05, 4.69) is 20.4 Å². The van der Waals surface area contributed by atoms with Crippen LogP contribution in [0.2, 0.25) is 0 Å². The van der Waals surface area contributed by atoms with Gasteiger partial charge in [-0.05, 0) is 42.3 Å². The van der Waals surface area contributed by atoms with Gasteiger partial charge in [-0.1, -0.05) is 24.3 Å². The normalized spacial score (nSPS) is 10.9. The summed E-state index contributed by atoms with van der Waals surface area (Å²) in [5.41, 5.74) is 10.8. The van der Waals surface area contributed by atoms with Crippen molar-refractivity contribution in [2.24, 2.45) is 0 Å². The van der Waals surface area contributed by atoms with Crippen LogP contribution in [0.25, 0.3) is 5.78 Å². The fraction of sp³-hybridized carbons (Fsp3) is 0.143. The van der Waals surface area contributed by atoms with Crippen LogP contribution in [0.3, 0.4) is 0 Å². The predicted octanol–water partition coefficient (Wildman–Crippen LogP) is 2.92. The number of nitrogen functional groups attached to an aromatic ring is 1. The second-order valence-corrected chi connectivity index (χ2v) is 6.77. The Balaban J connectivity index is 1.67. The highest BCUT2D eigenvalue weighted by Crippen LogP contribution is 2.24. The number of benzene rings is 2. The molecule has 0 spiro atoms. The zero-order valence-electron chi connectivity index (χ0n) is 15.8. The van der Waals surface area contributed by atoms with Crippen molar-refractivity contribution in [3.05, 3.63) is 82.8 Å². The van der Waals surface area contributed by atoms with Crippen molar-refractivity contribution in [3.8, 4) is 0 Å². The van der Waals surface area contributed by atoms with Crippen molar-refractivity contribution in [1.29, 1.82) is 0 Å². The van der Waals surface area contributed by atoms with E-state index in [1.54, 1.807) is 28.8 Å². The average molecular weight is 388 g/mol. The van der Waals surface area contributed by atoms with Crippen LogP contribution in [0.1, 0.15) is 32.7 Å².